The molecule has 0 aliphatic heterocycles. The molecule has 0 aromatic carbocycles. The van der Waals surface area contributed by atoms with Crippen molar-refractivity contribution in [2.24, 2.45) is 5.92 Å². The van der Waals surface area contributed by atoms with Crippen molar-refractivity contribution in [3.8, 4) is 0 Å². The van der Waals surface area contributed by atoms with Crippen LogP contribution >= 0.6 is 0 Å². The lowest BCUT2D eigenvalue weighted by Gasteiger charge is -2.20. The van der Waals surface area contributed by atoms with E-state index in [2.05, 4.69) is 13.8 Å². The van der Waals surface area contributed by atoms with E-state index >= 15 is 0 Å². The molecule has 0 saturated carbocycles. The lowest BCUT2D eigenvalue weighted by Crippen LogP contribution is -2.31. The highest BCUT2D eigenvalue weighted by atomic mass is 32.2. The Balaban J connectivity index is 3.61. The molecule has 5 heteroatoms. The van der Waals surface area contributed by atoms with Crippen LogP contribution in [0.5, 0.6) is 0 Å². The van der Waals surface area contributed by atoms with E-state index in [0.717, 1.165) is 31.6 Å². The Morgan fingerprint density at radius 2 is 1.45 bits per heavy atom. The fraction of sp³-hybridized carbons (Fsp3) is 0.941. The summed E-state index contributed by atoms with van der Waals surface area (Å²) in [5.41, 5.74) is 0. The van der Waals surface area contributed by atoms with Crippen LogP contribution in [-0.4, -0.2) is 23.5 Å². The highest BCUT2D eigenvalue weighted by molar-refractivity contribution is 7.87. The van der Waals surface area contributed by atoms with Crippen LogP contribution in [0.3, 0.4) is 0 Å². The number of hydrogen-bond acceptors (Lipinski definition) is 3. The molecule has 0 aromatic rings. The van der Waals surface area contributed by atoms with E-state index in [1.54, 1.807) is 0 Å². The van der Waals surface area contributed by atoms with E-state index < -0.39 is 14.9 Å². The van der Waals surface area contributed by atoms with Gasteiger partial charge in [0.15, 0.2) is 0 Å². The first-order valence-corrected chi connectivity index (χ1v) is 9.99. The molecule has 0 spiro atoms. The Labute approximate surface area is 136 Å². The van der Waals surface area contributed by atoms with Gasteiger partial charge in [-0.15, -0.1) is 0 Å². The van der Waals surface area contributed by atoms with Gasteiger partial charge in [-0.05, 0) is 39.0 Å². The van der Waals surface area contributed by atoms with Gasteiger partial charge in [0, 0.05) is 12.8 Å². The Morgan fingerprint density at radius 1 is 0.955 bits per heavy atom. The molecule has 0 fully saturated rings. The van der Waals surface area contributed by atoms with Gasteiger partial charge >= 0.3 is 0 Å². The molecule has 0 aliphatic carbocycles. The highest BCUT2D eigenvalue weighted by Crippen LogP contribution is 2.23. The third-order valence-electron chi connectivity index (χ3n) is 4.17. The molecule has 0 heterocycles. The minimum absolute atomic E-state index is 0.318. The summed E-state index contributed by atoms with van der Waals surface area (Å²) in [6, 6.07) is 0. The fourth-order valence-corrected chi connectivity index (χ4v) is 2.76. The molecule has 0 aromatic heterocycles. The maximum atomic E-state index is 11.7. The summed E-state index contributed by atoms with van der Waals surface area (Å²) in [5, 5.41) is 0. The molecule has 0 unspecified atom stereocenters. The second-order valence-electron chi connectivity index (χ2n) is 7.33. The van der Waals surface area contributed by atoms with Gasteiger partial charge in [-0.3, -0.25) is 9.35 Å². The van der Waals surface area contributed by atoms with Crippen molar-refractivity contribution in [2.45, 2.75) is 96.7 Å². The van der Waals surface area contributed by atoms with Crippen LogP contribution in [-0.2, 0) is 14.9 Å². The molecule has 0 aliphatic rings. The Morgan fingerprint density at radius 3 is 1.91 bits per heavy atom. The summed E-state index contributed by atoms with van der Waals surface area (Å²) < 4.78 is 30.3. The van der Waals surface area contributed by atoms with Crippen LogP contribution in [0.2, 0.25) is 0 Å². The van der Waals surface area contributed by atoms with Gasteiger partial charge in [0.1, 0.15) is 5.78 Å². The smallest absolute Gasteiger partial charge is 0.270 e. The summed E-state index contributed by atoms with van der Waals surface area (Å²) in [4.78, 5) is 11.7. The molecule has 0 rings (SSSR count). The summed E-state index contributed by atoms with van der Waals surface area (Å²) in [5.74, 6) is 1.06. The van der Waals surface area contributed by atoms with Gasteiger partial charge in [0.2, 0.25) is 0 Å². The van der Waals surface area contributed by atoms with Gasteiger partial charge in [-0.25, -0.2) is 0 Å². The number of ketones is 1. The molecule has 4 nitrogen and oxygen atoms in total. The third kappa shape index (κ3) is 10.3. The first-order valence-electron chi connectivity index (χ1n) is 8.55. The van der Waals surface area contributed by atoms with Gasteiger partial charge in [-0.1, -0.05) is 46.0 Å². The Bertz CT molecular complexity index is 410. The van der Waals surface area contributed by atoms with Crippen molar-refractivity contribution in [3.63, 3.8) is 0 Å². The fourth-order valence-electron chi connectivity index (χ4n) is 2.36. The van der Waals surface area contributed by atoms with Crippen molar-refractivity contribution < 1.29 is 17.8 Å². The molecule has 132 valence electrons. The minimum atomic E-state index is -4.00. The zero-order chi connectivity index (χ0) is 17.2. The van der Waals surface area contributed by atoms with Gasteiger partial charge in [0.25, 0.3) is 10.1 Å². The van der Waals surface area contributed by atoms with E-state index in [1.165, 1.54) is 26.7 Å². The van der Waals surface area contributed by atoms with Crippen LogP contribution in [0.25, 0.3) is 0 Å². The zero-order valence-electron chi connectivity index (χ0n) is 14.7. The molecular weight excluding hydrogens is 300 g/mol. The number of carbonyl (C=O) groups excluding carboxylic acids is 1. The van der Waals surface area contributed by atoms with Crippen molar-refractivity contribution in [3.05, 3.63) is 0 Å². The highest BCUT2D eigenvalue weighted by Gasteiger charge is 2.31. The van der Waals surface area contributed by atoms with Crippen LogP contribution in [0.15, 0.2) is 0 Å². The molecule has 0 atom stereocenters. The predicted octanol–water partition coefficient (Wildman–Crippen LogP) is 4.78. The largest absolute Gasteiger partial charge is 0.300 e. The lowest BCUT2D eigenvalue weighted by atomic mass is 10.0. The minimum Gasteiger partial charge on any atom is -0.300 e. The van der Waals surface area contributed by atoms with E-state index in [0.29, 0.717) is 31.5 Å². The number of hydrogen-bond donors (Lipinski definition) is 1. The third-order valence-corrected chi connectivity index (χ3v) is 5.77. The second-order valence-corrected chi connectivity index (χ2v) is 9.38. The summed E-state index contributed by atoms with van der Waals surface area (Å²) >= 11 is 0. The van der Waals surface area contributed by atoms with Crippen LogP contribution < -0.4 is 0 Å². The number of carbonyl (C=O) groups is 1. The molecule has 0 amide bonds. The quantitative estimate of drug-likeness (QED) is 0.389. The average molecular weight is 335 g/mol. The first-order chi connectivity index (χ1) is 10.1. The van der Waals surface area contributed by atoms with Gasteiger partial charge in [-0.2, -0.15) is 8.42 Å². The summed E-state index contributed by atoms with van der Waals surface area (Å²) in [7, 11) is -4.00. The molecule has 0 bridgehead atoms. The standard InChI is InChI=1S/C17H34O4S/c1-15(2)11-7-5-8-12-16(18)13-9-6-10-14-17(3,4)22(19,20)21/h15H,5-14H2,1-4H3,(H,19,20,21). The first kappa shape index (κ1) is 21.6. The maximum absolute atomic E-state index is 11.7. The number of rotatable bonds is 13. The van der Waals surface area contributed by atoms with Crippen LogP contribution in [0.1, 0.15) is 91.9 Å². The molecule has 0 saturated heterocycles. The summed E-state index contributed by atoms with van der Waals surface area (Å²) in [6.45, 7) is 7.50. The average Bonchev–Trinajstić information content (AvgIpc) is 2.36. The Kier molecular flexibility index (Phi) is 10.2. The molecule has 0 radical (unpaired) electrons. The second kappa shape index (κ2) is 10.4. The van der Waals surface area contributed by atoms with Crippen molar-refractivity contribution in [1.82, 2.24) is 0 Å². The lowest BCUT2D eigenvalue weighted by molar-refractivity contribution is -0.119. The maximum Gasteiger partial charge on any atom is 0.270 e. The zero-order valence-corrected chi connectivity index (χ0v) is 15.5. The monoisotopic (exact) mass is 334 g/mol. The van der Waals surface area contributed by atoms with Gasteiger partial charge in [0.05, 0.1) is 4.75 Å². The van der Waals surface area contributed by atoms with E-state index in [4.69, 9.17) is 4.55 Å². The Hall–Kier alpha value is -0.420. The van der Waals surface area contributed by atoms with Crippen molar-refractivity contribution >= 4 is 15.9 Å². The SMILES string of the molecule is CC(C)CCCCCC(=O)CCCCCC(C)(C)S(=O)(=O)O. The normalized spacial score (nSPS) is 12.8. The molecular formula is C17H34O4S. The van der Waals surface area contributed by atoms with Crippen LogP contribution in [0.4, 0.5) is 0 Å². The van der Waals surface area contributed by atoms with Crippen molar-refractivity contribution in [2.75, 3.05) is 0 Å². The van der Waals surface area contributed by atoms with E-state index in [9.17, 15) is 13.2 Å². The van der Waals surface area contributed by atoms with E-state index in [-0.39, 0.29) is 0 Å². The topological polar surface area (TPSA) is 71.4 Å². The number of unbranched alkanes of at least 4 members (excludes halogenated alkanes) is 4. The van der Waals surface area contributed by atoms with Crippen molar-refractivity contribution in [1.29, 1.82) is 0 Å². The van der Waals surface area contributed by atoms with Gasteiger partial charge < -0.3 is 0 Å². The molecule has 22 heavy (non-hydrogen) atoms. The van der Waals surface area contributed by atoms with E-state index in [1.807, 2.05) is 0 Å². The number of Topliss-reactive ketones (excluding diaryl/α,β-unsaturated/α-hetero) is 1. The van der Waals surface area contributed by atoms with Crippen LogP contribution in [0, 0.1) is 5.92 Å². The summed E-state index contributed by atoms with van der Waals surface area (Å²) in [6.07, 6.45) is 8.61. The predicted molar refractivity (Wildman–Crippen MR) is 91.6 cm³/mol. The molecule has 1 N–H and O–H groups in total.